The molecule has 0 saturated heterocycles. The van der Waals surface area contributed by atoms with Crippen molar-refractivity contribution < 1.29 is 0 Å². The van der Waals surface area contributed by atoms with Gasteiger partial charge in [-0.05, 0) is 47.0 Å². The number of aliphatic imine (C=N–C) groups is 2. The van der Waals surface area contributed by atoms with Gasteiger partial charge in [-0.1, -0.05) is 140 Å². The molecule has 236 valence electrons. The largest absolute Gasteiger partial charge is 0.344 e. The van der Waals surface area contributed by atoms with Gasteiger partial charge in [0.1, 0.15) is 12.0 Å². The van der Waals surface area contributed by atoms with E-state index < -0.39 is 0 Å². The van der Waals surface area contributed by atoms with Gasteiger partial charge in [-0.3, -0.25) is 0 Å². The topological polar surface area (TPSA) is 41.7 Å². The van der Waals surface area contributed by atoms with Gasteiger partial charge in [0.15, 0.2) is 5.84 Å². The van der Waals surface area contributed by atoms with Gasteiger partial charge in [-0.25, -0.2) is 9.98 Å². The van der Waals surface area contributed by atoms with Crippen molar-refractivity contribution in [3.8, 4) is 16.8 Å². The number of para-hydroxylation sites is 1. The molecule has 5 heteroatoms. The highest BCUT2D eigenvalue weighted by molar-refractivity contribution is 7.26. The normalized spacial score (nSPS) is 14.6. The highest BCUT2D eigenvalue weighted by Crippen LogP contribution is 2.42. The predicted molar refractivity (Wildman–Crippen MR) is 211 cm³/mol. The van der Waals surface area contributed by atoms with Crippen LogP contribution in [0.2, 0.25) is 0 Å². The summed E-state index contributed by atoms with van der Waals surface area (Å²) in [5.41, 5.74) is 9.20. The lowest BCUT2D eigenvalue weighted by atomic mass is 10.0. The molecule has 0 spiro atoms. The van der Waals surface area contributed by atoms with E-state index in [1.807, 2.05) is 35.6 Å². The Morgan fingerprint density at radius 1 is 0.500 bits per heavy atom. The first-order valence-corrected chi connectivity index (χ1v) is 17.7. The van der Waals surface area contributed by atoms with E-state index in [0.717, 1.165) is 28.4 Å². The number of nitrogens with zero attached hydrogens (tertiary/aromatic N) is 3. The Bertz CT molecular complexity index is 2780. The molecule has 0 aliphatic carbocycles. The van der Waals surface area contributed by atoms with Gasteiger partial charge in [0.2, 0.25) is 0 Å². The standard InChI is InChI=1S/C45H30N4S/c1-4-13-29(14-5-1)32-24-26-39-37(27-32)34-19-10-11-21-38(34)49(39)40-22-12-20-36-35-25-23-33(28-41(35)50-42(36)40)45-47-43(30-15-6-2-7-16-30)46-44(48-45)31-17-8-3-9-18-31/h1-28,43H,(H,46,47,48). The Hall–Kier alpha value is -6.30. The number of aromatic nitrogens is 1. The summed E-state index contributed by atoms with van der Waals surface area (Å²) in [4.78, 5) is 10.1. The molecule has 1 atom stereocenters. The van der Waals surface area contributed by atoms with Gasteiger partial charge in [0, 0.05) is 37.4 Å². The lowest BCUT2D eigenvalue weighted by molar-refractivity contribution is 0.674. The Labute approximate surface area is 293 Å². The minimum absolute atomic E-state index is 0.235. The maximum atomic E-state index is 5.07. The van der Waals surface area contributed by atoms with E-state index in [1.165, 1.54) is 58.8 Å². The summed E-state index contributed by atoms with van der Waals surface area (Å²) in [6.45, 7) is 0. The van der Waals surface area contributed by atoms with E-state index in [2.05, 4.69) is 155 Å². The number of amidine groups is 2. The van der Waals surface area contributed by atoms with Crippen LogP contribution < -0.4 is 5.32 Å². The van der Waals surface area contributed by atoms with E-state index in [9.17, 15) is 0 Å². The number of thiophene rings is 1. The van der Waals surface area contributed by atoms with Gasteiger partial charge < -0.3 is 9.88 Å². The molecule has 10 rings (SSSR count). The molecule has 0 bridgehead atoms. The Morgan fingerprint density at radius 2 is 1.18 bits per heavy atom. The van der Waals surface area contributed by atoms with Crippen molar-refractivity contribution >= 4 is 65.0 Å². The van der Waals surface area contributed by atoms with Gasteiger partial charge in [-0.2, -0.15) is 0 Å². The SMILES string of the molecule is c1ccc(C2=NC(c3ccccc3)NC(c3ccc4c(c3)sc3c(-n5c6ccccc6c6cc(-c7ccccc7)ccc65)cccc34)=N2)cc1. The highest BCUT2D eigenvalue weighted by Gasteiger charge is 2.22. The van der Waals surface area contributed by atoms with Crippen LogP contribution in [0.1, 0.15) is 22.9 Å². The third-order valence-electron chi connectivity index (χ3n) is 9.66. The fourth-order valence-corrected chi connectivity index (χ4v) is 8.51. The van der Waals surface area contributed by atoms with Gasteiger partial charge >= 0.3 is 0 Å². The Balaban J connectivity index is 1.12. The van der Waals surface area contributed by atoms with Crippen LogP contribution in [-0.2, 0) is 0 Å². The molecule has 0 amide bonds. The van der Waals surface area contributed by atoms with E-state index in [1.54, 1.807) is 0 Å². The van der Waals surface area contributed by atoms with Crippen LogP contribution in [0.3, 0.4) is 0 Å². The van der Waals surface area contributed by atoms with Crippen molar-refractivity contribution in [3.63, 3.8) is 0 Å². The predicted octanol–water partition coefficient (Wildman–Crippen LogP) is 11.3. The molecular formula is C45H30N4S. The molecule has 3 heterocycles. The second kappa shape index (κ2) is 11.7. The molecule has 0 radical (unpaired) electrons. The van der Waals surface area contributed by atoms with E-state index >= 15 is 0 Å². The quantitative estimate of drug-likeness (QED) is 0.196. The van der Waals surface area contributed by atoms with E-state index in [0.29, 0.717) is 0 Å². The molecule has 0 saturated carbocycles. The fraction of sp³-hybridized carbons (Fsp3) is 0.0222. The van der Waals surface area contributed by atoms with E-state index in [4.69, 9.17) is 9.98 Å². The number of nitrogens with one attached hydrogen (secondary N) is 1. The average molecular weight is 659 g/mol. The second-order valence-electron chi connectivity index (χ2n) is 12.7. The van der Waals surface area contributed by atoms with Crippen LogP contribution in [-0.4, -0.2) is 16.2 Å². The van der Waals surface area contributed by atoms with Crippen molar-refractivity contribution in [1.82, 2.24) is 9.88 Å². The Morgan fingerprint density at radius 3 is 2.00 bits per heavy atom. The summed E-state index contributed by atoms with van der Waals surface area (Å²) in [5, 5.41) is 8.65. The molecule has 4 nitrogen and oxygen atoms in total. The zero-order valence-electron chi connectivity index (χ0n) is 27.0. The molecule has 7 aromatic carbocycles. The summed E-state index contributed by atoms with van der Waals surface area (Å²) in [6.07, 6.45) is -0.235. The van der Waals surface area contributed by atoms with Crippen LogP contribution >= 0.6 is 11.3 Å². The van der Waals surface area contributed by atoms with Crippen molar-refractivity contribution in [2.75, 3.05) is 0 Å². The zero-order chi connectivity index (χ0) is 33.0. The number of hydrogen-bond acceptors (Lipinski definition) is 4. The lowest BCUT2D eigenvalue weighted by Gasteiger charge is -2.23. The number of rotatable bonds is 5. The van der Waals surface area contributed by atoms with Crippen molar-refractivity contribution in [3.05, 3.63) is 187 Å². The third kappa shape index (κ3) is 4.74. The van der Waals surface area contributed by atoms with Gasteiger partial charge in [0.05, 0.1) is 21.4 Å². The first kappa shape index (κ1) is 28.7. The summed E-state index contributed by atoms with van der Waals surface area (Å²) in [6, 6.07) is 60.3. The molecule has 0 fully saturated rings. The highest BCUT2D eigenvalue weighted by atomic mass is 32.1. The summed E-state index contributed by atoms with van der Waals surface area (Å²) in [7, 11) is 0. The van der Waals surface area contributed by atoms with Crippen LogP contribution in [0.15, 0.2) is 180 Å². The summed E-state index contributed by atoms with van der Waals surface area (Å²) < 4.78 is 4.93. The fourth-order valence-electron chi connectivity index (χ4n) is 7.27. The van der Waals surface area contributed by atoms with Crippen LogP contribution in [0, 0.1) is 0 Å². The molecule has 1 unspecified atom stereocenters. The number of benzene rings is 7. The Kier molecular flexibility index (Phi) is 6.71. The second-order valence-corrected chi connectivity index (χ2v) is 13.7. The molecule has 2 aromatic heterocycles. The zero-order valence-corrected chi connectivity index (χ0v) is 27.8. The minimum atomic E-state index is -0.235. The van der Waals surface area contributed by atoms with Crippen LogP contribution in [0.25, 0.3) is 58.8 Å². The molecule has 1 aliphatic heterocycles. The van der Waals surface area contributed by atoms with Crippen molar-refractivity contribution in [2.45, 2.75) is 6.17 Å². The number of fused-ring (bicyclic) bond motifs is 6. The monoisotopic (exact) mass is 658 g/mol. The molecule has 1 aliphatic rings. The summed E-state index contributed by atoms with van der Waals surface area (Å²) in [5.74, 6) is 1.55. The third-order valence-corrected chi connectivity index (χ3v) is 10.9. The average Bonchev–Trinajstić information content (AvgIpc) is 3.74. The number of hydrogen-bond donors (Lipinski definition) is 1. The lowest BCUT2D eigenvalue weighted by Crippen LogP contribution is -2.33. The van der Waals surface area contributed by atoms with E-state index in [-0.39, 0.29) is 6.17 Å². The summed E-state index contributed by atoms with van der Waals surface area (Å²) >= 11 is 1.84. The maximum Gasteiger partial charge on any atom is 0.159 e. The van der Waals surface area contributed by atoms with Crippen molar-refractivity contribution in [2.24, 2.45) is 9.98 Å². The van der Waals surface area contributed by atoms with Gasteiger partial charge in [0.25, 0.3) is 0 Å². The minimum Gasteiger partial charge on any atom is -0.344 e. The van der Waals surface area contributed by atoms with Crippen LogP contribution in [0.5, 0.6) is 0 Å². The van der Waals surface area contributed by atoms with Gasteiger partial charge in [-0.15, -0.1) is 11.3 Å². The molecule has 50 heavy (non-hydrogen) atoms. The first-order chi connectivity index (χ1) is 24.8. The molecule has 1 N–H and O–H groups in total. The maximum absolute atomic E-state index is 5.07. The van der Waals surface area contributed by atoms with Crippen LogP contribution in [0.4, 0.5) is 0 Å². The smallest absolute Gasteiger partial charge is 0.159 e. The molecular weight excluding hydrogens is 629 g/mol. The molecule has 9 aromatic rings. The van der Waals surface area contributed by atoms with Crippen molar-refractivity contribution in [1.29, 1.82) is 0 Å². The first-order valence-electron chi connectivity index (χ1n) is 16.9.